The second kappa shape index (κ2) is 6.91. The number of halogens is 1. The first-order chi connectivity index (χ1) is 9.69. The van der Waals surface area contributed by atoms with Crippen molar-refractivity contribution in [3.8, 4) is 5.75 Å². The highest BCUT2D eigenvalue weighted by Crippen LogP contribution is 2.16. The van der Waals surface area contributed by atoms with Gasteiger partial charge < -0.3 is 10.1 Å². The van der Waals surface area contributed by atoms with Crippen molar-refractivity contribution in [2.45, 2.75) is 13.3 Å². The minimum Gasteiger partial charge on any atom is -0.494 e. The van der Waals surface area contributed by atoms with Crippen molar-refractivity contribution < 1.29 is 9.53 Å². The van der Waals surface area contributed by atoms with Crippen LogP contribution in [-0.2, 0) is 0 Å². The molecule has 0 aliphatic carbocycles. The molecule has 0 saturated carbocycles. The van der Waals surface area contributed by atoms with Crippen molar-refractivity contribution in [1.82, 2.24) is 4.98 Å². The van der Waals surface area contributed by atoms with Crippen molar-refractivity contribution in [3.63, 3.8) is 0 Å². The molecule has 0 unspecified atom stereocenters. The summed E-state index contributed by atoms with van der Waals surface area (Å²) < 4.78 is 5.48. The Morgan fingerprint density at radius 1 is 1.25 bits per heavy atom. The molecule has 104 valence electrons. The number of anilines is 1. The lowest BCUT2D eigenvalue weighted by Crippen LogP contribution is -2.12. The van der Waals surface area contributed by atoms with Gasteiger partial charge in [0.05, 0.1) is 12.2 Å². The first-order valence-electron chi connectivity index (χ1n) is 6.35. The van der Waals surface area contributed by atoms with Gasteiger partial charge in [0.15, 0.2) is 0 Å². The van der Waals surface area contributed by atoms with E-state index in [-0.39, 0.29) is 5.91 Å². The van der Waals surface area contributed by atoms with Gasteiger partial charge in [-0.15, -0.1) is 0 Å². The molecule has 0 aliphatic rings. The van der Waals surface area contributed by atoms with E-state index in [9.17, 15) is 4.79 Å². The molecule has 1 aromatic heterocycles. The number of nitrogens with zero attached hydrogens (tertiary/aromatic N) is 1. The Balaban J connectivity index is 1.99. The van der Waals surface area contributed by atoms with Gasteiger partial charge in [-0.25, -0.2) is 4.98 Å². The second-order valence-electron chi connectivity index (χ2n) is 4.20. The molecule has 1 amide bonds. The zero-order valence-corrected chi connectivity index (χ0v) is 11.9. The first kappa shape index (κ1) is 14.3. The van der Waals surface area contributed by atoms with Gasteiger partial charge in [-0.2, -0.15) is 0 Å². The lowest BCUT2D eigenvalue weighted by molar-refractivity contribution is 0.102. The average Bonchev–Trinajstić information content (AvgIpc) is 2.47. The van der Waals surface area contributed by atoms with Crippen LogP contribution in [0.25, 0.3) is 0 Å². The van der Waals surface area contributed by atoms with E-state index in [1.165, 1.54) is 6.20 Å². The summed E-state index contributed by atoms with van der Waals surface area (Å²) >= 11 is 5.68. The Labute approximate surface area is 122 Å². The number of amides is 1. The Morgan fingerprint density at radius 2 is 2.00 bits per heavy atom. The van der Waals surface area contributed by atoms with Gasteiger partial charge in [-0.05, 0) is 42.8 Å². The molecule has 20 heavy (non-hydrogen) atoms. The first-order valence-corrected chi connectivity index (χ1v) is 6.72. The Morgan fingerprint density at radius 3 is 2.60 bits per heavy atom. The monoisotopic (exact) mass is 290 g/mol. The molecule has 2 aromatic rings. The van der Waals surface area contributed by atoms with Gasteiger partial charge in [-0.1, -0.05) is 18.5 Å². The molecule has 0 aliphatic heterocycles. The summed E-state index contributed by atoms with van der Waals surface area (Å²) in [7, 11) is 0. The fourth-order valence-corrected chi connectivity index (χ4v) is 1.68. The molecule has 1 N–H and O–H groups in total. The number of benzene rings is 1. The number of carbonyl (C=O) groups is 1. The zero-order chi connectivity index (χ0) is 14.4. The number of aromatic nitrogens is 1. The number of hydrogen-bond acceptors (Lipinski definition) is 3. The van der Waals surface area contributed by atoms with Crippen LogP contribution in [0.5, 0.6) is 5.75 Å². The average molecular weight is 291 g/mol. The molecule has 5 heteroatoms. The van der Waals surface area contributed by atoms with E-state index < -0.39 is 0 Å². The summed E-state index contributed by atoms with van der Waals surface area (Å²) in [5, 5.41) is 3.14. The van der Waals surface area contributed by atoms with E-state index in [0.29, 0.717) is 23.0 Å². The molecule has 0 saturated heterocycles. The van der Waals surface area contributed by atoms with E-state index >= 15 is 0 Å². The summed E-state index contributed by atoms with van der Waals surface area (Å²) in [5.74, 6) is 0.564. The number of nitrogens with one attached hydrogen (secondary N) is 1. The topological polar surface area (TPSA) is 51.2 Å². The summed E-state index contributed by atoms with van der Waals surface area (Å²) in [5.41, 5.74) is 1.16. The molecule has 1 aromatic carbocycles. The van der Waals surface area contributed by atoms with Gasteiger partial charge >= 0.3 is 0 Å². The normalized spacial score (nSPS) is 10.1. The van der Waals surface area contributed by atoms with Gasteiger partial charge in [-0.3, -0.25) is 4.79 Å². The molecule has 4 nitrogen and oxygen atoms in total. The predicted octanol–water partition coefficient (Wildman–Crippen LogP) is 3.78. The zero-order valence-electron chi connectivity index (χ0n) is 11.1. The van der Waals surface area contributed by atoms with Crippen LogP contribution >= 0.6 is 11.6 Å². The fourth-order valence-electron chi connectivity index (χ4n) is 1.57. The highest BCUT2D eigenvalue weighted by Gasteiger charge is 2.06. The van der Waals surface area contributed by atoms with E-state index in [1.807, 2.05) is 12.1 Å². The summed E-state index contributed by atoms with van der Waals surface area (Å²) in [6.45, 7) is 2.73. The number of pyridine rings is 1. The van der Waals surface area contributed by atoms with E-state index in [1.54, 1.807) is 24.3 Å². The predicted molar refractivity (Wildman–Crippen MR) is 79.4 cm³/mol. The van der Waals surface area contributed by atoms with Crippen molar-refractivity contribution >= 4 is 23.2 Å². The van der Waals surface area contributed by atoms with Crippen LogP contribution in [0.1, 0.15) is 23.7 Å². The van der Waals surface area contributed by atoms with Crippen LogP contribution in [0.15, 0.2) is 42.6 Å². The van der Waals surface area contributed by atoms with Gasteiger partial charge in [0.1, 0.15) is 10.9 Å². The van der Waals surface area contributed by atoms with Crippen LogP contribution in [-0.4, -0.2) is 17.5 Å². The minimum absolute atomic E-state index is 0.226. The SMILES string of the molecule is CCCOc1ccc(NC(=O)c2ccc(Cl)nc2)cc1. The molecule has 0 spiro atoms. The lowest BCUT2D eigenvalue weighted by Gasteiger charge is -2.07. The number of ether oxygens (including phenoxy) is 1. The molecule has 0 bridgehead atoms. The third-order valence-electron chi connectivity index (χ3n) is 2.57. The quantitative estimate of drug-likeness (QED) is 0.853. The standard InChI is InChI=1S/C15H15ClN2O2/c1-2-9-20-13-6-4-12(5-7-13)18-15(19)11-3-8-14(16)17-10-11/h3-8,10H,2,9H2,1H3,(H,18,19). The highest BCUT2D eigenvalue weighted by atomic mass is 35.5. The molecule has 0 radical (unpaired) electrons. The number of rotatable bonds is 5. The largest absolute Gasteiger partial charge is 0.494 e. The Hall–Kier alpha value is -2.07. The Bertz CT molecular complexity index is 567. The summed E-state index contributed by atoms with van der Waals surface area (Å²) in [4.78, 5) is 15.8. The number of carbonyl (C=O) groups excluding carboxylic acids is 1. The maximum atomic E-state index is 12.0. The molecule has 0 atom stereocenters. The highest BCUT2D eigenvalue weighted by molar-refractivity contribution is 6.29. The van der Waals surface area contributed by atoms with Crippen LogP contribution in [0.2, 0.25) is 5.15 Å². The van der Waals surface area contributed by atoms with Crippen molar-refractivity contribution in [2.75, 3.05) is 11.9 Å². The lowest BCUT2D eigenvalue weighted by atomic mass is 10.2. The van der Waals surface area contributed by atoms with Crippen molar-refractivity contribution in [3.05, 3.63) is 53.3 Å². The molecule has 1 heterocycles. The van der Waals surface area contributed by atoms with Crippen LogP contribution in [0.3, 0.4) is 0 Å². The molecular weight excluding hydrogens is 276 g/mol. The second-order valence-corrected chi connectivity index (χ2v) is 4.58. The van der Waals surface area contributed by atoms with E-state index in [0.717, 1.165) is 12.2 Å². The third kappa shape index (κ3) is 3.96. The summed E-state index contributed by atoms with van der Waals surface area (Å²) in [6.07, 6.45) is 2.40. The molecule has 2 rings (SSSR count). The van der Waals surface area contributed by atoms with Gasteiger partial charge in [0.25, 0.3) is 5.91 Å². The minimum atomic E-state index is -0.226. The fraction of sp³-hybridized carbons (Fsp3) is 0.200. The van der Waals surface area contributed by atoms with Crippen LogP contribution in [0.4, 0.5) is 5.69 Å². The number of hydrogen-bond donors (Lipinski definition) is 1. The van der Waals surface area contributed by atoms with Crippen molar-refractivity contribution in [2.24, 2.45) is 0 Å². The maximum absolute atomic E-state index is 12.0. The smallest absolute Gasteiger partial charge is 0.257 e. The van der Waals surface area contributed by atoms with Gasteiger partial charge in [0, 0.05) is 11.9 Å². The van der Waals surface area contributed by atoms with Gasteiger partial charge in [0.2, 0.25) is 0 Å². The molecular formula is C15H15ClN2O2. The Kier molecular flexibility index (Phi) is 4.96. The van der Waals surface area contributed by atoms with Crippen LogP contribution < -0.4 is 10.1 Å². The van der Waals surface area contributed by atoms with Crippen molar-refractivity contribution in [1.29, 1.82) is 0 Å². The van der Waals surface area contributed by atoms with E-state index in [4.69, 9.17) is 16.3 Å². The summed E-state index contributed by atoms with van der Waals surface area (Å²) in [6, 6.07) is 10.5. The maximum Gasteiger partial charge on any atom is 0.257 e. The third-order valence-corrected chi connectivity index (χ3v) is 2.80. The van der Waals surface area contributed by atoms with E-state index in [2.05, 4.69) is 17.2 Å². The van der Waals surface area contributed by atoms with Crippen LogP contribution in [0, 0.1) is 0 Å². The molecule has 0 fully saturated rings.